The highest BCUT2D eigenvalue weighted by Gasteiger charge is 2.04. The summed E-state index contributed by atoms with van der Waals surface area (Å²) in [5, 5.41) is 3.51. The first-order valence-electron chi connectivity index (χ1n) is 7.84. The molecule has 0 saturated heterocycles. The van der Waals surface area contributed by atoms with Gasteiger partial charge in [0.2, 0.25) is 0 Å². The molecule has 0 aliphatic heterocycles. The molecule has 1 N–H and O–H groups in total. The molecule has 1 heterocycles. The van der Waals surface area contributed by atoms with Gasteiger partial charge in [-0.15, -0.1) is 0 Å². The van der Waals surface area contributed by atoms with Gasteiger partial charge < -0.3 is 5.32 Å². The van der Waals surface area contributed by atoms with E-state index >= 15 is 0 Å². The van der Waals surface area contributed by atoms with Crippen LogP contribution in [0.3, 0.4) is 0 Å². The Hall–Kier alpha value is -0.960. The van der Waals surface area contributed by atoms with Crippen LogP contribution in [-0.4, -0.2) is 16.5 Å². The van der Waals surface area contributed by atoms with Crippen molar-refractivity contribution in [3.63, 3.8) is 0 Å². The summed E-state index contributed by atoms with van der Waals surface area (Å²) < 4.78 is 0. The Bertz CT molecular complexity index is 300. The molecule has 19 heavy (non-hydrogen) atoms. The summed E-state index contributed by atoms with van der Waals surface area (Å²) >= 11 is 0. The quantitative estimate of drug-likeness (QED) is 0.606. The lowest BCUT2D eigenvalue weighted by Gasteiger charge is -2.12. The minimum absolute atomic E-state index is 0.304. The van der Waals surface area contributed by atoms with E-state index in [0.717, 1.165) is 12.2 Å². The smallest absolute Gasteiger partial charge is 0.0753 e. The second-order valence-electron chi connectivity index (χ2n) is 5.28. The zero-order valence-electron chi connectivity index (χ0n) is 12.6. The van der Waals surface area contributed by atoms with Gasteiger partial charge in [-0.2, -0.15) is 0 Å². The summed E-state index contributed by atoms with van der Waals surface area (Å²) in [7, 11) is 0. The number of nitrogens with zero attached hydrogens (tertiary/aromatic N) is 2. The molecule has 0 aliphatic rings. The van der Waals surface area contributed by atoms with E-state index in [1.807, 2.05) is 6.20 Å². The van der Waals surface area contributed by atoms with Crippen LogP contribution in [0.25, 0.3) is 0 Å². The van der Waals surface area contributed by atoms with Crippen LogP contribution >= 0.6 is 0 Å². The first-order chi connectivity index (χ1) is 9.34. The molecule has 0 aliphatic carbocycles. The fourth-order valence-electron chi connectivity index (χ4n) is 2.22. The first-order valence-corrected chi connectivity index (χ1v) is 7.84. The van der Waals surface area contributed by atoms with E-state index in [-0.39, 0.29) is 0 Å². The van der Waals surface area contributed by atoms with Crippen LogP contribution in [0.2, 0.25) is 0 Å². The van der Waals surface area contributed by atoms with Crippen LogP contribution in [0.5, 0.6) is 0 Å². The summed E-state index contributed by atoms with van der Waals surface area (Å²) in [6, 6.07) is 0.304. The highest BCUT2D eigenvalue weighted by atomic mass is 14.9. The minimum atomic E-state index is 0.304. The van der Waals surface area contributed by atoms with Gasteiger partial charge in [-0.25, -0.2) is 0 Å². The van der Waals surface area contributed by atoms with Crippen molar-refractivity contribution < 1.29 is 0 Å². The fraction of sp³-hybridized carbons (Fsp3) is 0.750. The summed E-state index contributed by atoms with van der Waals surface area (Å²) in [6.07, 6.45) is 16.3. The third kappa shape index (κ3) is 7.93. The van der Waals surface area contributed by atoms with E-state index in [4.69, 9.17) is 0 Å². The van der Waals surface area contributed by atoms with Crippen LogP contribution in [0, 0.1) is 0 Å². The Morgan fingerprint density at radius 2 is 1.68 bits per heavy atom. The van der Waals surface area contributed by atoms with E-state index < -0.39 is 0 Å². The Morgan fingerprint density at radius 1 is 1.00 bits per heavy atom. The van der Waals surface area contributed by atoms with Gasteiger partial charge in [0.25, 0.3) is 0 Å². The Morgan fingerprint density at radius 3 is 2.32 bits per heavy atom. The van der Waals surface area contributed by atoms with E-state index in [9.17, 15) is 0 Å². The van der Waals surface area contributed by atoms with Gasteiger partial charge in [-0.3, -0.25) is 9.97 Å². The minimum Gasteiger partial charge on any atom is -0.309 e. The van der Waals surface area contributed by atoms with Gasteiger partial charge in [0.15, 0.2) is 0 Å². The normalized spacial score (nSPS) is 12.5. The molecule has 0 amide bonds. The standard InChI is InChI=1S/C16H29N3/c1-3-4-5-6-7-8-9-10-11-18-15(2)16-14-17-12-13-19-16/h12-15,18H,3-11H2,1-2H3. The predicted octanol–water partition coefficient (Wildman–Crippen LogP) is 4.27. The molecule has 0 aromatic carbocycles. The molecule has 1 rings (SSSR count). The van der Waals surface area contributed by atoms with Gasteiger partial charge in [-0.1, -0.05) is 51.9 Å². The molecular weight excluding hydrogens is 234 g/mol. The van der Waals surface area contributed by atoms with Crippen molar-refractivity contribution in [2.24, 2.45) is 0 Å². The van der Waals surface area contributed by atoms with Gasteiger partial charge in [0.1, 0.15) is 0 Å². The molecule has 1 aromatic heterocycles. The number of hydrogen-bond acceptors (Lipinski definition) is 3. The number of aromatic nitrogens is 2. The first kappa shape index (κ1) is 16.1. The molecule has 0 spiro atoms. The highest BCUT2D eigenvalue weighted by Crippen LogP contribution is 2.09. The van der Waals surface area contributed by atoms with Crippen molar-refractivity contribution in [2.75, 3.05) is 6.54 Å². The number of nitrogens with one attached hydrogen (secondary N) is 1. The largest absolute Gasteiger partial charge is 0.309 e. The van der Waals surface area contributed by atoms with Gasteiger partial charge in [-0.05, 0) is 19.9 Å². The average molecular weight is 263 g/mol. The number of hydrogen-bond donors (Lipinski definition) is 1. The van der Waals surface area contributed by atoms with E-state index in [2.05, 4.69) is 29.1 Å². The number of rotatable bonds is 11. The van der Waals surface area contributed by atoms with Crippen molar-refractivity contribution >= 4 is 0 Å². The zero-order valence-corrected chi connectivity index (χ0v) is 12.6. The Kier molecular flexibility index (Phi) is 9.25. The summed E-state index contributed by atoms with van der Waals surface area (Å²) in [6.45, 7) is 5.49. The van der Waals surface area contributed by atoms with Gasteiger partial charge >= 0.3 is 0 Å². The maximum atomic E-state index is 4.31. The van der Waals surface area contributed by atoms with Gasteiger partial charge in [0.05, 0.1) is 5.69 Å². The SMILES string of the molecule is CCCCCCCCCCNC(C)c1cnccn1. The summed E-state index contributed by atoms with van der Waals surface area (Å²) in [5.74, 6) is 0. The molecule has 3 heteroatoms. The Labute approximate surface area is 118 Å². The molecule has 0 saturated carbocycles. The molecule has 1 unspecified atom stereocenters. The molecule has 0 radical (unpaired) electrons. The lowest BCUT2D eigenvalue weighted by atomic mass is 10.1. The van der Waals surface area contributed by atoms with Crippen molar-refractivity contribution in [2.45, 2.75) is 71.3 Å². The lowest BCUT2D eigenvalue weighted by Crippen LogP contribution is -2.20. The summed E-state index contributed by atoms with van der Waals surface area (Å²) in [5.41, 5.74) is 1.03. The van der Waals surface area contributed by atoms with Crippen molar-refractivity contribution in [1.29, 1.82) is 0 Å². The number of unbranched alkanes of at least 4 members (excludes halogenated alkanes) is 7. The maximum Gasteiger partial charge on any atom is 0.0753 e. The zero-order chi connectivity index (χ0) is 13.8. The van der Waals surface area contributed by atoms with Crippen molar-refractivity contribution in [3.05, 3.63) is 24.3 Å². The van der Waals surface area contributed by atoms with Crippen molar-refractivity contribution in [1.82, 2.24) is 15.3 Å². The van der Waals surface area contributed by atoms with Crippen LogP contribution in [0.15, 0.2) is 18.6 Å². The Balaban J connectivity index is 1.93. The van der Waals surface area contributed by atoms with Gasteiger partial charge in [0, 0.05) is 24.6 Å². The molecule has 1 atom stereocenters. The fourth-order valence-corrected chi connectivity index (χ4v) is 2.22. The molecular formula is C16H29N3. The molecule has 0 fully saturated rings. The van der Waals surface area contributed by atoms with E-state index in [1.54, 1.807) is 12.4 Å². The summed E-state index contributed by atoms with van der Waals surface area (Å²) in [4.78, 5) is 8.41. The van der Waals surface area contributed by atoms with E-state index in [0.29, 0.717) is 6.04 Å². The highest BCUT2D eigenvalue weighted by molar-refractivity contribution is 5.00. The average Bonchev–Trinajstić information content (AvgIpc) is 2.46. The third-order valence-electron chi connectivity index (χ3n) is 3.51. The van der Waals surface area contributed by atoms with Crippen LogP contribution in [-0.2, 0) is 0 Å². The van der Waals surface area contributed by atoms with Crippen molar-refractivity contribution in [3.8, 4) is 0 Å². The third-order valence-corrected chi connectivity index (χ3v) is 3.51. The predicted molar refractivity (Wildman–Crippen MR) is 81.1 cm³/mol. The van der Waals surface area contributed by atoms with E-state index in [1.165, 1.54) is 51.4 Å². The van der Waals surface area contributed by atoms with Crippen LogP contribution in [0.1, 0.15) is 76.9 Å². The molecule has 1 aromatic rings. The second kappa shape index (κ2) is 10.9. The lowest BCUT2D eigenvalue weighted by molar-refractivity contribution is 0.514. The van der Waals surface area contributed by atoms with Crippen LogP contribution < -0.4 is 5.32 Å². The molecule has 108 valence electrons. The topological polar surface area (TPSA) is 37.8 Å². The molecule has 0 bridgehead atoms. The van der Waals surface area contributed by atoms with Crippen LogP contribution in [0.4, 0.5) is 0 Å². The molecule has 3 nitrogen and oxygen atoms in total. The second-order valence-corrected chi connectivity index (χ2v) is 5.28. The monoisotopic (exact) mass is 263 g/mol. The maximum absolute atomic E-state index is 4.31.